The molecule has 27 heavy (non-hydrogen) atoms. The Hall–Kier alpha value is -2.94. The van der Waals surface area contributed by atoms with Crippen molar-refractivity contribution in [3.63, 3.8) is 0 Å². The molecular formula is C24H25NO2. The average molecular weight is 359 g/mol. The number of aromatic nitrogens is 1. The van der Waals surface area contributed by atoms with Crippen molar-refractivity contribution in [1.29, 1.82) is 0 Å². The number of aromatic amines is 1. The van der Waals surface area contributed by atoms with Crippen molar-refractivity contribution in [2.75, 3.05) is 0 Å². The van der Waals surface area contributed by atoms with Crippen LogP contribution in [0.5, 0.6) is 0 Å². The van der Waals surface area contributed by atoms with Crippen molar-refractivity contribution in [2.24, 2.45) is 0 Å². The highest BCUT2D eigenvalue weighted by Crippen LogP contribution is 2.13. The van der Waals surface area contributed by atoms with Crippen molar-refractivity contribution in [3.8, 4) is 0 Å². The SMILES string of the molecule is Cc1ccc(C(=O)CCc2ccc(CCC(=O)c3ccc(C)cc3)[nH]2)cc1. The van der Waals surface area contributed by atoms with Gasteiger partial charge in [0.25, 0.3) is 0 Å². The molecule has 3 rings (SSSR count). The van der Waals surface area contributed by atoms with Crippen LogP contribution in [0.4, 0.5) is 0 Å². The highest BCUT2D eigenvalue weighted by atomic mass is 16.1. The van der Waals surface area contributed by atoms with Crippen molar-refractivity contribution in [1.82, 2.24) is 4.98 Å². The van der Waals surface area contributed by atoms with E-state index in [2.05, 4.69) is 4.98 Å². The van der Waals surface area contributed by atoms with Gasteiger partial charge in [0.2, 0.25) is 0 Å². The minimum atomic E-state index is 0.153. The summed E-state index contributed by atoms with van der Waals surface area (Å²) in [5.41, 5.74) is 5.90. The molecule has 0 saturated carbocycles. The standard InChI is InChI=1S/C24H25NO2/c1-17-3-7-19(8-4-17)23(26)15-13-21-11-12-22(25-21)14-16-24(27)20-9-5-18(2)6-10-20/h3-12,25H,13-16H2,1-2H3. The maximum atomic E-state index is 12.3. The lowest BCUT2D eigenvalue weighted by Gasteiger charge is -2.02. The monoisotopic (exact) mass is 359 g/mol. The lowest BCUT2D eigenvalue weighted by molar-refractivity contribution is 0.0975. The van der Waals surface area contributed by atoms with Gasteiger partial charge in [-0.25, -0.2) is 0 Å². The summed E-state index contributed by atoms with van der Waals surface area (Å²) >= 11 is 0. The van der Waals surface area contributed by atoms with Crippen LogP contribution in [0.25, 0.3) is 0 Å². The van der Waals surface area contributed by atoms with E-state index in [1.165, 1.54) is 0 Å². The molecule has 0 spiro atoms. The van der Waals surface area contributed by atoms with E-state index in [1.54, 1.807) is 0 Å². The third-order valence-electron chi connectivity index (χ3n) is 4.80. The van der Waals surface area contributed by atoms with Gasteiger partial charge in [0, 0.05) is 35.4 Å². The second-order valence-corrected chi connectivity index (χ2v) is 7.09. The highest BCUT2D eigenvalue weighted by molar-refractivity contribution is 5.96. The molecule has 1 heterocycles. The number of ketones is 2. The summed E-state index contributed by atoms with van der Waals surface area (Å²) in [6, 6.07) is 19.4. The van der Waals surface area contributed by atoms with Gasteiger partial charge in [-0.15, -0.1) is 0 Å². The van der Waals surface area contributed by atoms with Crippen molar-refractivity contribution in [2.45, 2.75) is 39.5 Å². The van der Waals surface area contributed by atoms with E-state index in [1.807, 2.05) is 74.5 Å². The van der Waals surface area contributed by atoms with Crippen molar-refractivity contribution in [3.05, 3.63) is 94.3 Å². The molecule has 0 atom stereocenters. The fourth-order valence-electron chi connectivity index (χ4n) is 3.05. The molecule has 0 fully saturated rings. The number of aryl methyl sites for hydroxylation is 4. The third kappa shape index (κ3) is 5.27. The number of carbonyl (C=O) groups excluding carboxylic acids is 2. The predicted molar refractivity (Wildman–Crippen MR) is 108 cm³/mol. The molecule has 138 valence electrons. The summed E-state index contributed by atoms with van der Waals surface area (Å²) in [7, 11) is 0. The first kappa shape index (κ1) is 18.8. The maximum absolute atomic E-state index is 12.3. The van der Waals surface area contributed by atoms with Crippen LogP contribution >= 0.6 is 0 Å². The van der Waals surface area contributed by atoms with Gasteiger partial charge in [0.15, 0.2) is 11.6 Å². The van der Waals surface area contributed by atoms with Crippen LogP contribution in [0.15, 0.2) is 60.7 Å². The zero-order chi connectivity index (χ0) is 19.2. The lowest BCUT2D eigenvalue weighted by atomic mass is 10.0. The van der Waals surface area contributed by atoms with Crippen LogP contribution in [0, 0.1) is 13.8 Å². The molecule has 3 aromatic rings. The van der Waals surface area contributed by atoms with Crippen molar-refractivity contribution >= 4 is 11.6 Å². The molecule has 3 nitrogen and oxygen atoms in total. The quantitative estimate of drug-likeness (QED) is 0.558. The molecule has 0 amide bonds. The molecule has 0 aliphatic heterocycles. The molecule has 0 radical (unpaired) electrons. The molecule has 0 saturated heterocycles. The Balaban J connectivity index is 1.49. The van der Waals surface area contributed by atoms with E-state index in [0.717, 1.165) is 33.6 Å². The predicted octanol–water partition coefficient (Wildman–Crippen LogP) is 5.26. The van der Waals surface area contributed by atoms with Gasteiger partial charge >= 0.3 is 0 Å². The largest absolute Gasteiger partial charge is 0.362 e. The summed E-state index contributed by atoms with van der Waals surface area (Å²) in [6.07, 6.45) is 2.31. The van der Waals surface area contributed by atoms with E-state index >= 15 is 0 Å². The number of hydrogen-bond donors (Lipinski definition) is 1. The summed E-state index contributed by atoms with van der Waals surface area (Å²) in [5.74, 6) is 0.307. The van der Waals surface area contributed by atoms with Gasteiger partial charge in [0.1, 0.15) is 0 Å². The lowest BCUT2D eigenvalue weighted by Crippen LogP contribution is -2.02. The van der Waals surface area contributed by atoms with Crippen LogP contribution in [0.2, 0.25) is 0 Å². The van der Waals surface area contributed by atoms with Gasteiger partial charge in [-0.1, -0.05) is 59.7 Å². The molecule has 0 aliphatic rings. The first-order chi connectivity index (χ1) is 13.0. The number of nitrogens with one attached hydrogen (secondary N) is 1. The van der Waals surface area contributed by atoms with Crippen LogP contribution in [0.1, 0.15) is 56.1 Å². The molecule has 2 aromatic carbocycles. The van der Waals surface area contributed by atoms with Crippen LogP contribution < -0.4 is 0 Å². The first-order valence-corrected chi connectivity index (χ1v) is 9.38. The Bertz CT molecular complexity index is 842. The zero-order valence-electron chi connectivity index (χ0n) is 15.9. The number of benzene rings is 2. The summed E-state index contributed by atoms with van der Waals surface area (Å²) < 4.78 is 0. The van der Waals surface area contributed by atoms with Gasteiger partial charge in [-0.05, 0) is 38.8 Å². The first-order valence-electron chi connectivity index (χ1n) is 9.38. The number of Topliss-reactive ketones (excluding diaryl/α,β-unsaturated/α-hetero) is 2. The maximum Gasteiger partial charge on any atom is 0.163 e. The van der Waals surface area contributed by atoms with E-state index < -0.39 is 0 Å². The van der Waals surface area contributed by atoms with Crippen LogP contribution in [-0.4, -0.2) is 16.6 Å². The minimum Gasteiger partial charge on any atom is -0.362 e. The fraction of sp³-hybridized carbons (Fsp3) is 0.250. The minimum absolute atomic E-state index is 0.153. The number of carbonyl (C=O) groups is 2. The van der Waals surface area contributed by atoms with Crippen LogP contribution in [0.3, 0.4) is 0 Å². The molecule has 1 aromatic heterocycles. The van der Waals surface area contributed by atoms with E-state index in [9.17, 15) is 9.59 Å². The Morgan fingerprint density at radius 2 is 1.00 bits per heavy atom. The van der Waals surface area contributed by atoms with E-state index in [-0.39, 0.29) is 11.6 Å². The normalized spacial score (nSPS) is 10.7. The number of H-pyrrole nitrogens is 1. The second kappa shape index (κ2) is 8.63. The molecule has 0 aliphatic carbocycles. The Morgan fingerprint density at radius 1 is 0.630 bits per heavy atom. The smallest absolute Gasteiger partial charge is 0.163 e. The molecular weight excluding hydrogens is 334 g/mol. The van der Waals surface area contributed by atoms with Crippen LogP contribution in [-0.2, 0) is 12.8 Å². The number of hydrogen-bond acceptors (Lipinski definition) is 2. The third-order valence-corrected chi connectivity index (χ3v) is 4.80. The zero-order valence-corrected chi connectivity index (χ0v) is 15.9. The van der Waals surface area contributed by atoms with Gasteiger partial charge in [0.05, 0.1) is 0 Å². The second-order valence-electron chi connectivity index (χ2n) is 7.09. The Labute approximate surface area is 160 Å². The van der Waals surface area contributed by atoms with Gasteiger partial charge in [-0.3, -0.25) is 9.59 Å². The molecule has 3 heteroatoms. The number of rotatable bonds is 8. The van der Waals surface area contributed by atoms with Crippen molar-refractivity contribution < 1.29 is 9.59 Å². The van der Waals surface area contributed by atoms with E-state index in [4.69, 9.17) is 0 Å². The summed E-state index contributed by atoms with van der Waals surface area (Å²) in [6.45, 7) is 4.02. The molecule has 1 N–H and O–H groups in total. The molecule has 0 bridgehead atoms. The highest BCUT2D eigenvalue weighted by Gasteiger charge is 2.09. The fourth-order valence-corrected chi connectivity index (χ4v) is 3.05. The average Bonchev–Trinajstić information content (AvgIpc) is 3.13. The van der Waals surface area contributed by atoms with Gasteiger partial charge < -0.3 is 4.98 Å². The Morgan fingerprint density at radius 3 is 1.37 bits per heavy atom. The Kier molecular flexibility index (Phi) is 6.02. The summed E-state index contributed by atoms with van der Waals surface area (Å²) in [5, 5.41) is 0. The summed E-state index contributed by atoms with van der Waals surface area (Å²) in [4.78, 5) is 27.9. The van der Waals surface area contributed by atoms with E-state index in [0.29, 0.717) is 25.7 Å². The molecule has 0 unspecified atom stereocenters. The topological polar surface area (TPSA) is 49.9 Å². The van der Waals surface area contributed by atoms with Gasteiger partial charge in [-0.2, -0.15) is 0 Å².